The molecule has 2 aliphatic rings. The van der Waals surface area contributed by atoms with Crippen LogP contribution in [0.4, 0.5) is 10.5 Å². The molecule has 0 radical (unpaired) electrons. The quantitative estimate of drug-likeness (QED) is 0.771. The number of carbonyl (C=O) groups excluding carboxylic acids is 2. The number of hydrogen-bond acceptors (Lipinski definition) is 4. The summed E-state index contributed by atoms with van der Waals surface area (Å²) in [6.07, 6.45) is 2.06. The molecule has 170 valence electrons. The molecular weight excluding hydrogens is 406 g/mol. The van der Waals surface area contributed by atoms with Crippen LogP contribution in [-0.2, 0) is 4.79 Å². The molecular formula is C25H31N3O4. The Hall–Kier alpha value is -3.22. The third-order valence-electron chi connectivity index (χ3n) is 6.48. The molecule has 2 aliphatic heterocycles. The molecule has 2 atom stereocenters. The molecule has 3 amide bonds. The maximum atomic E-state index is 13.4. The van der Waals surface area contributed by atoms with Crippen molar-refractivity contribution in [3.05, 3.63) is 53.6 Å². The predicted molar refractivity (Wildman–Crippen MR) is 123 cm³/mol. The van der Waals surface area contributed by atoms with Crippen LogP contribution in [0.15, 0.2) is 42.5 Å². The van der Waals surface area contributed by atoms with Gasteiger partial charge in [-0.2, -0.15) is 0 Å². The van der Waals surface area contributed by atoms with Crippen molar-refractivity contribution in [2.45, 2.75) is 25.7 Å². The largest absolute Gasteiger partial charge is 0.497 e. The van der Waals surface area contributed by atoms with Crippen LogP contribution in [0, 0.1) is 12.8 Å². The number of likely N-dealkylation sites (tertiary alicyclic amines) is 2. The first-order chi connectivity index (χ1) is 15.5. The lowest BCUT2D eigenvalue weighted by molar-refractivity contribution is -0.134. The summed E-state index contributed by atoms with van der Waals surface area (Å²) < 4.78 is 11.0. The first-order valence-electron chi connectivity index (χ1n) is 11.1. The number of ether oxygens (including phenoxy) is 2. The van der Waals surface area contributed by atoms with Crippen molar-refractivity contribution < 1.29 is 19.1 Å². The van der Waals surface area contributed by atoms with Crippen molar-refractivity contribution in [2.75, 3.05) is 45.7 Å². The minimum atomic E-state index is -0.321. The second kappa shape index (κ2) is 9.51. The monoisotopic (exact) mass is 437 g/mol. The van der Waals surface area contributed by atoms with E-state index in [1.165, 1.54) is 0 Å². The van der Waals surface area contributed by atoms with E-state index in [-0.39, 0.29) is 23.8 Å². The fourth-order valence-corrected chi connectivity index (χ4v) is 4.68. The molecule has 32 heavy (non-hydrogen) atoms. The highest BCUT2D eigenvalue weighted by Crippen LogP contribution is 2.40. The Kier molecular flexibility index (Phi) is 6.53. The minimum absolute atomic E-state index is 0.114. The first kappa shape index (κ1) is 22.0. The van der Waals surface area contributed by atoms with Crippen LogP contribution in [0.5, 0.6) is 11.5 Å². The molecule has 0 bridgehead atoms. The Balaban J connectivity index is 1.61. The van der Waals surface area contributed by atoms with Crippen molar-refractivity contribution in [1.82, 2.24) is 9.80 Å². The molecule has 0 aliphatic carbocycles. The van der Waals surface area contributed by atoms with E-state index in [9.17, 15) is 9.59 Å². The van der Waals surface area contributed by atoms with Crippen LogP contribution in [0.1, 0.15) is 29.9 Å². The Bertz CT molecular complexity index is 970. The zero-order valence-electron chi connectivity index (χ0n) is 19.0. The Morgan fingerprint density at radius 1 is 0.938 bits per heavy atom. The Morgan fingerprint density at radius 2 is 1.66 bits per heavy atom. The third-order valence-corrected chi connectivity index (χ3v) is 6.48. The molecule has 2 aromatic carbocycles. The number of hydrogen-bond donors (Lipinski definition) is 1. The van der Waals surface area contributed by atoms with Gasteiger partial charge in [0.15, 0.2) is 0 Å². The number of aryl methyl sites for hydroxylation is 1. The Labute approximate surface area is 189 Å². The molecule has 2 aromatic rings. The summed E-state index contributed by atoms with van der Waals surface area (Å²) >= 11 is 0. The van der Waals surface area contributed by atoms with Gasteiger partial charge in [0.25, 0.3) is 0 Å². The normalized spacial score (nSPS) is 20.3. The highest BCUT2D eigenvalue weighted by atomic mass is 16.5. The lowest BCUT2D eigenvalue weighted by atomic mass is 9.87. The van der Waals surface area contributed by atoms with Crippen molar-refractivity contribution in [2.24, 2.45) is 5.92 Å². The number of carbonyl (C=O) groups is 2. The summed E-state index contributed by atoms with van der Waals surface area (Å²) in [6, 6.07) is 13.1. The second-order valence-corrected chi connectivity index (χ2v) is 8.55. The number of benzene rings is 2. The Morgan fingerprint density at radius 3 is 2.31 bits per heavy atom. The SMILES string of the molecule is COc1ccc(OC)c(C2CN(C(=O)Nc3ccc(C)cc3)CC2C(=O)N2CCCC2)c1. The van der Waals surface area contributed by atoms with Gasteiger partial charge in [0.2, 0.25) is 5.91 Å². The number of amides is 3. The van der Waals surface area contributed by atoms with Gasteiger partial charge in [0, 0.05) is 43.3 Å². The fourth-order valence-electron chi connectivity index (χ4n) is 4.68. The van der Waals surface area contributed by atoms with E-state index >= 15 is 0 Å². The molecule has 7 heteroatoms. The van der Waals surface area contributed by atoms with Crippen LogP contribution in [0.25, 0.3) is 0 Å². The zero-order valence-corrected chi connectivity index (χ0v) is 19.0. The van der Waals surface area contributed by atoms with E-state index in [4.69, 9.17) is 9.47 Å². The lowest BCUT2D eigenvalue weighted by Gasteiger charge is -2.25. The van der Waals surface area contributed by atoms with Gasteiger partial charge in [-0.05, 0) is 50.1 Å². The number of nitrogens with zero attached hydrogens (tertiary/aromatic N) is 2. The number of nitrogens with one attached hydrogen (secondary N) is 1. The van der Waals surface area contributed by atoms with Gasteiger partial charge < -0.3 is 24.6 Å². The highest BCUT2D eigenvalue weighted by Gasteiger charge is 2.43. The van der Waals surface area contributed by atoms with E-state index < -0.39 is 0 Å². The molecule has 2 unspecified atom stereocenters. The average molecular weight is 438 g/mol. The van der Waals surface area contributed by atoms with E-state index in [0.717, 1.165) is 42.7 Å². The predicted octanol–water partition coefficient (Wildman–Crippen LogP) is 3.88. The number of rotatable bonds is 5. The smallest absolute Gasteiger partial charge is 0.321 e. The van der Waals surface area contributed by atoms with E-state index in [1.54, 1.807) is 19.1 Å². The summed E-state index contributed by atoms with van der Waals surface area (Å²) in [5, 5.41) is 2.97. The topological polar surface area (TPSA) is 71.1 Å². The van der Waals surface area contributed by atoms with Crippen LogP contribution in [0.3, 0.4) is 0 Å². The van der Waals surface area contributed by atoms with Gasteiger partial charge in [-0.3, -0.25) is 4.79 Å². The van der Waals surface area contributed by atoms with Crippen LogP contribution < -0.4 is 14.8 Å². The summed E-state index contributed by atoms with van der Waals surface area (Å²) in [5.41, 5.74) is 2.77. The van der Waals surface area contributed by atoms with E-state index in [1.807, 2.05) is 54.3 Å². The standard InChI is InChI=1S/C25H31N3O4/c1-17-6-8-18(9-7-17)26-25(30)28-15-21(20-14-19(31-2)10-11-23(20)32-3)22(16-28)24(29)27-12-4-5-13-27/h6-11,14,21-22H,4-5,12-13,15-16H2,1-3H3,(H,26,30). The van der Waals surface area contributed by atoms with Crippen molar-refractivity contribution >= 4 is 17.6 Å². The zero-order chi connectivity index (χ0) is 22.7. The van der Waals surface area contributed by atoms with Gasteiger partial charge in [-0.25, -0.2) is 4.79 Å². The molecule has 2 saturated heterocycles. The number of anilines is 1. The molecule has 2 heterocycles. The molecule has 7 nitrogen and oxygen atoms in total. The van der Waals surface area contributed by atoms with Gasteiger partial charge in [-0.15, -0.1) is 0 Å². The van der Waals surface area contributed by atoms with Gasteiger partial charge in [0.05, 0.1) is 20.1 Å². The average Bonchev–Trinajstić information content (AvgIpc) is 3.50. The van der Waals surface area contributed by atoms with Gasteiger partial charge in [0.1, 0.15) is 11.5 Å². The summed E-state index contributed by atoms with van der Waals surface area (Å²) in [6.45, 7) is 4.38. The molecule has 4 rings (SSSR count). The maximum Gasteiger partial charge on any atom is 0.321 e. The molecule has 2 fully saturated rings. The van der Waals surface area contributed by atoms with Gasteiger partial charge in [-0.1, -0.05) is 17.7 Å². The highest BCUT2D eigenvalue weighted by molar-refractivity contribution is 5.91. The van der Waals surface area contributed by atoms with Crippen molar-refractivity contribution in [1.29, 1.82) is 0 Å². The van der Waals surface area contributed by atoms with Gasteiger partial charge >= 0.3 is 6.03 Å². The number of urea groups is 1. The molecule has 0 aromatic heterocycles. The van der Waals surface area contributed by atoms with Crippen LogP contribution in [0.2, 0.25) is 0 Å². The van der Waals surface area contributed by atoms with Crippen LogP contribution in [-0.4, -0.2) is 62.1 Å². The summed E-state index contributed by atoms with van der Waals surface area (Å²) in [7, 11) is 3.24. The van der Waals surface area contributed by atoms with Crippen LogP contribution >= 0.6 is 0 Å². The first-order valence-corrected chi connectivity index (χ1v) is 11.1. The van der Waals surface area contributed by atoms with E-state index in [0.29, 0.717) is 24.6 Å². The van der Waals surface area contributed by atoms with Crippen molar-refractivity contribution in [3.8, 4) is 11.5 Å². The van der Waals surface area contributed by atoms with E-state index in [2.05, 4.69) is 5.32 Å². The molecule has 0 spiro atoms. The lowest BCUT2D eigenvalue weighted by Crippen LogP contribution is -2.38. The summed E-state index contributed by atoms with van der Waals surface area (Å²) in [4.78, 5) is 30.2. The van der Waals surface area contributed by atoms with Crippen molar-refractivity contribution in [3.63, 3.8) is 0 Å². The molecule has 1 N–H and O–H groups in total. The molecule has 0 saturated carbocycles. The number of methoxy groups -OCH3 is 2. The second-order valence-electron chi connectivity index (χ2n) is 8.55. The maximum absolute atomic E-state index is 13.4. The third kappa shape index (κ3) is 4.52. The summed E-state index contributed by atoms with van der Waals surface area (Å²) in [5.74, 6) is 1.03. The fraction of sp³-hybridized carbons (Fsp3) is 0.440. The minimum Gasteiger partial charge on any atom is -0.497 e.